The molecule has 0 aliphatic heterocycles. The summed E-state index contributed by atoms with van der Waals surface area (Å²) < 4.78 is 4.88. The summed E-state index contributed by atoms with van der Waals surface area (Å²) in [6, 6.07) is 10.6. The van der Waals surface area contributed by atoms with E-state index in [0.717, 1.165) is 4.88 Å². The number of methoxy groups -OCH3 is 1. The van der Waals surface area contributed by atoms with Crippen LogP contribution >= 0.6 is 23.6 Å². The molecule has 2 aromatic rings. The van der Waals surface area contributed by atoms with Gasteiger partial charge in [0.1, 0.15) is 0 Å². The third kappa shape index (κ3) is 6.75. The zero-order valence-electron chi connectivity index (χ0n) is 14.2. The molecule has 136 valence electrons. The van der Waals surface area contributed by atoms with Gasteiger partial charge < -0.3 is 15.4 Å². The smallest absolute Gasteiger partial charge is 0.251 e. The lowest BCUT2D eigenvalue weighted by Crippen LogP contribution is -2.32. The number of benzene rings is 1. The van der Waals surface area contributed by atoms with Crippen molar-refractivity contribution in [2.75, 3.05) is 25.6 Å². The maximum atomic E-state index is 11.9. The van der Waals surface area contributed by atoms with Gasteiger partial charge in [-0.25, -0.2) is 0 Å². The molecule has 0 radical (unpaired) electrons. The van der Waals surface area contributed by atoms with Gasteiger partial charge in [0.15, 0.2) is 5.11 Å². The third-order valence-corrected chi connectivity index (χ3v) is 4.22. The highest BCUT2D eigenvalue weighted by Gasteiger charge is 2.06. The van der Waals surface area contributed by atoms with Gasteiger partial charge in [-0.15, -0.1) is 11.3 Å². The fourth-order valence-corrected chi connectivity index (χ4v) is 2.77. The van der Waals surface area contributed by atoms with Gasteiger partial charge in [0.25, 0.3) is 5.91 Å². The summed E-state index contributed by atoms with van der Waals surface area (Å²) in [4.78, 5) is 24.7. The Kier molecular flexibility index (Phi) is 7.94. The summed E-state index contributed by atoms with van der Waals surface area (Å²) in [5, 5.41) is 10.3. The Morgan fingerprint density at radius 2 is 2.00 bits per heavy atom. The van der Waals surface area contributed by atoms with Crippen LogP contribution in [0.1, 0.15) is 15.2 Å². The first kappa shape index (κ1) is 19.8. The molecule has 0 bridgehead atoms. The van der Waals surface area contributed by atoms with Crippen LogP contribution in [0, 0.1) is 0 Å². The van der Waals surface area contributed by atoms with Crippen molar-refractivity contribution in [2.45, 2.75) is 0 Å². The molecular formula is C18H19N3O3S2. The number of carbonyl (C=O) groups excluding carboxylic acids is 2. The summed E-state index contributed by atoms with van der Waals surface area (Å²) in [6.07, 6.45) is 3.15. The second kappa shape index (κ2) is 10.4. The molecule has 0 saturated carbocycles. The highest BCUT2D eigenvalue weighted by Crippen LogP contribution is 2.11. The fourth-order valence-electron chi connectivity index (χ4n) is 1.93. The van der Waals surface area contributed by atoms with Crippen LogP contribution in [0.5, 0.6) is 0 Å². The van der Waals surface area contributed by atoms with Crippen LogP contribution in [-0.4, -0.2) is 37.2 Å². The molecule has 0 fully saturated rings. The van der Waals surface area contributed by atoms with E-state index in [1.807, 2.05) is 17.5 Å². The molecule has 2 rings (SSSR count). The van der Waals surface area contributed by atoms with Crippen molar-refractivity contribution in [1.29, 1.82) is 0 Å². The number of thiocarbonyl (C=S) groups is 1. The van der Waals surface area contributed by atoms with Crippen molar-refractivity contribution in [2.24, 2.45) is 0 Å². The van der Waals surface area contributed by atoms with Crippen molar-refractivity contribution >= 4 is 52.2 Å². The first-order chi connectivity index (χ1) is 12.6. The number of nitrogens with one attached hydrogen (secondary N) is 3. The van der Waals surface area contributed by atoms with E-state index in [2.05, 4.69) is 16.0 Å². The van der Waals surface area contributed by atoms with Crippen molar-refractivity contribution in [3.8, 4) is 0 Å². The number of anilines is 1. The van der Waals surface area contributed by atoms with Gasteiger partial charge in [0, 0.05) is 35.9 Å². The molecule has 0 aliphatic rings. The summed E-state index contributed by atoms with van der Waals surface area (Å²) in [5.41, 5.74) is 1.20. The van der Waals surface area contributed by atoms with E-state index in [9.17, 15) is 9.59 Å². The Morgan fingerprint density at radius 1 is 1.23 bits per heavy atom. The molecule has 0 atom stereocenters. The predicted octanol–water partition coefficient (Wildman–Crippen LogP) is 2.65. The van der Waals surface area contributed by atoms with E-state index in [1.54, 1.807) is 48.8 Å². The monoisotopic (exact) mass is 389 g/mol. The Bertz CT molecular complexity index is 771. The molecule has 6 nitrogen and oxygen atoms in total. The summed E-state index contributed by atoms with van der Waals surface area (Å²) in [7, 11) is 1.58. The molecule has 3 N–H and O–H groups in total. The Morgan fingerprint density at radius 3 is 2.65 bits per heavy atom. The molecule has 1 aromatic heterocycles. The van der Waals surface area contributed by atoms with Crippen LogP contribution in [0.15, 0.2) is 47.9 Å². The molecule has 0 aliphatic carbocycles. The second-order valence-electron chi connectivity index (χ2n) is 5.12. The summed E-state index contributed by atoms with van der Waals surface area (Å²) in [6.45, 7) is 0.907. The summed E-state index contributed by atoms with van der Waals surface area (Å²) in [5.74, 6) is -0.492. The minimum atomic E-state index is -0.315. The first-order valence-electron chi connectivity index (χ1n) is 7.79. The van der Waals surface area contributed by atoms with Crippen LogP contribution in [0.25, 0.3) is 6.08 Å². The lowest BCUT2D eigenvalue weighted by atomic mass is 10.2. The third-order valence-electron chi connectivity index (χ3n) is 3.18. The number of rotatable bonds is 7. The lowest BCUT2D eigenvalue weighted by Gasteiger charge is -2.09. The number of hydrogen-bond donors (Lipinski definition) is 3. The van der Waals surface area contributed by atoms with E-state index >= 15 is 0 Å². The SMILES string of the molecule is COCCNC(=O)c1ccc(NC(=S)NC(=O)/C=C/c2cccs2)cc1. The molecule has 0 saturated heterocycles. The van der Waals surface area contributed by atoms with Crippen LogP contribution < -0.4 is 16.0 Å². The van der Waals surface area contributed by atoms with E-state index in [4.69, 9.17) is 17.0 Å². The Labute approximate surface area is 161 Å². The van der Waals surface area contributed by atoms with Gasteiger partial charge in [-0.1, -0.05) is 6.07 Å². The van der Waals surface area contributed by atoms with Crippen LogP contribution in [-0.2, 0) is 9.53 Å². The normalized spacial score (nSPS) is 10.5. The largest absolute Gasteiger partial charge is 0.383 e. The zero-order chi connectivity index (χ0) is 18.8. The van der Waals surface area contributed by atoms with E-state index in [0.29, 0.717) is 24.4 Å². The van der Waals surface area contributed by atoms with Gasteiger partial charge in [0.05, 0.1) is 6.61 Å². The van der Waals surface area contributed by atoms with E-state index in [-0.39, 0.29) is 16.9 Å². The number of ether oxygens (including phenoxy) is 1. The Hall–Kier alpha value is -2.55. The molecular weight excluding hydrogens is 370 g/mol. The first-order valence-corrected chi connectivity index (χ1v) is 9.08. The molecule has 8 heteroatoms. The van der Waals surface area contributed by atoms with Crippen molar-refractivity contribution in [1.82, 2.24) is 10.6 Å². The van der Waals surface area contributed by atoms with Crippen LogP contribution in [0.3, 0.4) is 0 Å². The minimum Gasteiger partial charge on any atom is -0.383 e. The van der Waals surface area contributed by atoms with Crippen molar-refractivity contribution < 1.29 is 14.3 Å². The Balaban J connectivity index is 1.81. The minimum absolute atomic E-state index is 0.178. The zero-order valence-corrected chi connectivity index (χ0v) is 15.8. The van der Waals surface area contributed by atoms with E-state index in [1.165, 1.54) is 6.08 Å². The molecule has 26 heavy (non-hydrogen) atoms. The van der Waals surface area contributed by atoms with Gasteiger partial charge >= 0.3 is 0 Å². The molecule has 1 heterocycles. The van der Waals surface area contributed by atoms with Gasteiger partial charge in [-0.05, 0) is 54.0 Å². The quantitative estimate of drug-likeness (QED) is 0.385. The maximum Gasteiger partial charge on any atom is 0.251 e. The van der Waals surface area contributed by atoms with Gasteiger partial charge in [-0.2, -0.15) is 0 Å². The number of amides is 2. The fraction of sp³-hybridized carbons (Fsp3) is 0.167. The van der Waals surface area contributed by atoms with Crippen LogP contribution in [0.4, 0.5) is 5.69 Å². The average Bonchev–Trinajstić information content (AvgIpc) is 3.14. The molecule has 0 spiro atoms. The van der Waals surface area contributed by atoms with Crippen molar-refractivity contribution in [3.05, 3.63) is 58.3 Å². The highest BCUT2D eigenvalue weighted by molar-refractivity contribution is 7.80. The average molecular weight is 390 g/mol. The van der Waals surface area contributed by atoms with Crippen molar-refractivity contribution in [3.63, 3.8) is 0 Å². The standard InChI is InChI=1S/C18H19N3O3S2/c1-24-11-10-19-17(23)13-4-6-14(7-5-13)20-18(25)21-16(22)9-8-15-3-2-12-26-15/h2-9,12H,10-11H2,1H3,(H,19,23)(H2,20,21,22,25)/b9-8+. The molecule has 0 unspecified atom stereocenters. The van der Waals surface area contributed by atoms with Gasteiger partial charge in [0.2, 0.25) is 5.91 Å². The molecule has 2 amide bonds. The highest BCUT2D eigenvalue weighted by atomic mass is 32.1. The molecule has 1 aromatic carbocycles. The predicted molar refractivity (Wildman–Crippen MR) is 108 cm³/mol. The number of hydrogen-bond acceptors (Lipinski definition) is 5. The maximum absolute atomic E-state index is 11.9. The van der Waals surface area contributed by atoms with Crippen LogP contribution in [0.2, 0.25) is 0 Å². The topological polar surface area (TPSA) is 79.5 Å². The van der Waals surface area contributed by atoms with Gasteiger partial charge in [-0.3, -0.25) is 14.9 Å². The van der Waals surface area contributed by atoms with E-state index < -0.39 is 0 Å². The number of thiophene rings is 1. The lowest BCUT2D eigenvalue weighted by molar-refractivity contribution is -0.115. The second-order valence-corrected chi connectivity index (χ2v) is 6.51. The summed E-state index contributed by atoms with van der Waals surface area (Å²) >= 11 is 6.66. The number of carbonyl (C=O) groups is 2.